The molecule has 0 aromatic heterocycles. The Kier molecular flexibility index (Phi) is 7.97. The molecule has 0 unspecified atom stereocenters. The van der Waals surface area contributed by atoms with Gasteiger partial charge in [0, 0.05) is 30.3 Å². The number of rotatable bonds is 8. The summed E-state index contributed by atoms with van der Waals surface area (Å²) in [7, 11) is 1.58. The lowest BCUT2D eigenvalue weighted by atomic mass is 9.88. The minimum absolute atomic E-state index is 0.0146. The number of piperidine rings is 1. The number of fused-ring (bicyclic) bond motifs is 1. The van der Waals surface area contributed by atoms with Gasteiger partial charge in [-0.25, -0.2) is 0 Å². The number of carbonyl (C=O) groups is 3. The molecule has 2 aromatic rings. The second-order valence-corrected chi connectivity index (χ2v) is 9.20. The van der Waals surface area contributed by atoms with Crippen molar-refractivity contribution in [3.8, 4) is 17.2 Å². The number of hydrogen-bond donors (Lipinski definition) is 2. The molecule has 0 saturated carbocycles. The molecule has 2 heterocycles. The van der Waals surface area contributed by atoms with Crippen LogP contribution in [0.4, 0.5) is 0 Å². The maximum atomic E-state index is 13.2. The molecule has 9 heteroatoms. The van der Waals surface area contributed by atoms with Crippen LogP contribution in [0.5, 0.6) is 17.2 Å². The SMILES string of the molecule is CC[C@@H](C)NC(=O)[C@@H](NC(=O)c1ccc2c(c1)OCO2)C1CCN(C(=O)c2ccc(OC)cc2)CC1. The Hall–Kier alpha value is -3.75. The van der Waals surface area contributed by atoms with E-state index in [0.29, 0.717) is 54.3 Å². The highest BCUT2D eigenvalue weighted by Crippen LogP contribution is 2.32. The average molecular weight is 496 g/mol. The van der Waals surface area contributed by atoms with Gasteiger partial charge in [-0.3, -0.25) is 14.4 Å². The first-order valence-electron chi connectivity index (χ1n) is 12.3. The van der Waals surface area contributed by atoms with Crippen LogP contribution in [-0.2, 0) is 4.79 Å². The van der Waals surface area contributed by atoms with Crippen molar-refractivity contribution < 1.29 is 28.6 Å². The first kappa shape index (κ1) is 25.3. The van der Waals surface area contributed by atoms with E-state index < -0.39 is 6.04 Å². The summed E-state index contributed by atoms with van der Waals surface area (Å²) < 4.78 is 15.9. The Morgan fingerprint density at radius 2 is 1.67 bits per heavy atom. The van der Waals surface area contributed by atoms with Crippen molar-refractivity contribution in [2.75, 3.05) is 27.0 Å². The monoisotopic (exact) mass is 495 g/mol. The first-order valence-corrected chi connectivity index (χ1v) is 12.3. The third kappa shape index (κ3) is 5.72. The molecule has 0 spiro atoms. The quantitative estimate of drug-likeness (QED) is 0.583. The predicted molar refractivity (Wildman–Crippen MR) is 133 cm³/mol. The lowest BCUT2D eigenvalue weighted by molar-refractivity contribution is -0.125. The summed E-state index contributed by atoms with van der Waals surface area (Å²) in [6.07, 6.45) is 1.98. The van der Waals surface area contributed by atoms with Crippen molar-refractivity contribution >= 4 is 17.7 Å². The Balaban J connectivity index is 1.44. The molecule has 1 fully saturated rings. The van der Waals surface area contributed by atoms with E-state index in [2.05, 4.69) is 10.6 Å². The molecule has 2 N–H and O–H groups in total. The summed E-state index contributed by atoms with van der Waals surface area (Å²) in [5.74, 6) is 1.07. The van der Waals surface area contributed by atoms with Crippen molar-refractivity contribution in [1.82, 2.24) is 15.5 Å². The fraction of sp³-hybridized carbons (Fsp3) is 0.444. The number of carbonyl (C=O) groups excluding carboxylic acids is 3. The van der Waals surface area contributed by atoms with Gasteiger partial charge in [0.05, 0.1) is 7.11 Å². The molecule has 2 atom stereocenters. The molecule has 9 nitrogen and oxygen atoms in total. The van der Waals surface area contributed by atoms with E-state index in [1.807, 2.05) is 13.8 Å². The van der Waals surface area contributed by atoms with E-state index >= 15 is 0 Å². The lowest BCUT2D eigenvalue weighted by Gasteiger charge is -2.36. The number of ether oxygens (including phenoxy) is 3. The molecular formula is C27H33N3O6. The number of nitrogens with one attached hydrogen (secondary N) is 2. The van der Waals surface area contributed by atoms with Gasteiger partial charge in [-0.2, -0.15) is 0 Å². The Bertz CT molecular complexity index is 1100. The summed E-state index contributed by atoms with van der Waals surface area (Å²) in [6.45, 7) is 5.05. The molecular weight excluding hydrogens is 462 g/mol. The minimum atomic E-state index is -0.713. The van der Waals surface area contributed by atoms with Crippen LogP contribution in [0.25, 0.3) is 0 Å². The van der Waals surface area contributed by atoms with Crippen LogP contribution in [0.1, 0.15) is 53.8 Å². The van der Waals surface area contributed by atoms with E-state index in [1.54, 1.807) is 54.5 Å². The normalized spacial score (nSPS) is 16.7. The van der Waals surface area contributed by atoms with Crippen LogP contribution in [0.3, 0.4) is 0 Å². The van der Waals surface area contributed by atoms with Crippen molar-refractivity contribution in [3.05, 3.63) is 53.6 Å². The molecule has 4 rings (SSSR count). The van der Waals surface area contributed by atoms with Crippen LogP contribution in [0, 0.1) is 5.92 Å². The smallest absolute Gasteiger partial charge is 0.253 e. The highest BCUT2D eigenvalue weighted by molar-refractivity contribution is 5.98. The zero-order valence-electron chi connectivity index (χ0n) is 20.9. The highest BCUT2D eigenvalue weighted by Gasteiger charge is 2.35. The second kappa shape index (κ2) is 11.3. The second-order valence-electron chi connectivity index (χ2n) is 9.20. The summed E-state index contributed by atoms with van der Waals surface area (Å²) >= 11 is 0. The van der Waals surface area contributed by atoms with Crippen molar-refractivity contribution in [1.29, 1.82) is 0 Å². The topological polar surface area (TPSA) is 106 Å². The molecule has 192 valence electrons. The number of likely N-dealkylation sites (tertiary alicyclic amines) is 1. The van der Waals surface area contributed by atoms with Crippen molar-refractivity contribution in [2.24, 2.45) is 5.92 Å². The van der Waals surface area contributed by atoms with E-state index in [-0.39, 0.29) is 36.5 Å². The van der Waals surface area contributed by atoms with Gasteiger partial charge in [0.1, 0.15) is 11.8 Å². The predicted octanol–water partition coefficient (Wildman–Crippen LogP) is 2.99. The number of hydrogen-bond acceptors (Lipinski definition) is 6. The summed E-state index contributed by atoms with van der Waals surface area (Å²) in [4.78, 5) is 41.1. The number of methoxy groups -OCH3 is 1. The number of benzene rings is 2. The van der Waals surface area contributed by atoms with Crippen LogP contribution in [-0.4, -0.2) is 61.7 Å². The summed E-state index contributed by atoms with van der Waals surface area (Å²) in [5, 5.41) is 5.95. The fourth-order valence-corrected chi connectivity index (χ4v) is 4.45. The largest absolute Gasteiger partial charge is 0.497 e. The summed E-state index contributed by atoms with van der Waals surface area (Å²) in [5.41, 5.74) is 0.990. The molecule has 0 radical (unpaired) electrons. The zero-order valence-corrected chi connectivity index (χ0v) is 20.9. The van der Waals surface area contributed by atoms with Crippen LogP contribution >= 0.6 is 0 Å². The Labute approximate surface area is 211 Å². The van der Waals surface area contributed by atoms with E-state index in [4.69, 9.17) is 14.2 Å². The number of amides is 3. The molecule has 36 heavy (non-hydrogen) atoms. The van der Waals surface area contributed by atoms with E-state index in [9.17, 15) is 14.4 Å². The molecule has 3 amide bonds. The van der Waals surface area contributed by atoms with E-state index in [0.717, 1.165) is 6.42 Å². The maximum absolute atomic E-state index is 13.2. The third-order valence-corrected chi connectivity index (χ3v) is 6.84. The van der Waals surface area contributed by atoms with Crippen LogP contribution in [0.15, 0.2) is 42.5 Å². The number of nitrogens with zero attached hydrogens (tertiary/aromatic N) is 1. The fourth-order valence-electron chi connectivity index (χ4n) is 4.45. The zero-order chi connectivity index (χ0) is 25.7. The Morgan fingerprint density at radius 1 is 1.00 bits per heavy atom. The standard InChI is InChI=1S/C27H33N3O6/c1-4-17(2)28-26(32)24(29-25(31)20-7-10-22-23(15-20)36-16-35-22)18-11-13-30(14-12-18)27(33)19-5-8-21(34-3)9-6-19/h5-10,15,17-18,24H,4,11-14,16H2,1-3H3,(H,28,32)(H,29,31)/t17-,24+/m1/s1. The van der Waals surface area contributed by atoms with Gasteiger partial charge in [0.15, 0.2) is 11.5 Å². The summed E-state index contributed by atoms with van der Waals surface area (Å²) in [6, 6.07) is 11.3. The van der Waals surface area contributed by atoms with Gasteiger partial charge in [0.2, 0.25) is 12.7 Å². The van der Waals surface area contributed by atoms with Gasteiger partial charge >= 0.3 is 0 Å². The molecule has 0 bridgehead atoms. The van der Waals surface area contributed by atoms with Gasteiger partial charge < -0.3 is 29.7 Å². The maximum Gasteiger partial charge on any atom is 0.253 e. The van der Waals surface area contributed by atoms with E-state index in [1.165, 1.54) is 0 Å². The van der Waals surface area contributed by atoms with Gasteiger partial charge in [-0.15, -0.1) is 0 Å². The molecule has 2 aliphatic heterocycles. The minimum Gasteiger partial charge on any atom is -0.497 e. The van der Waals surface area contributed by atoms with Gasteiger partial charge in [-0.1, -0.05) is 6.92 Å². The Morgan fingerprint density at radius 3 is 2.33 bits per heavy atom. The molecule has 1 saturated heterocycles. The molecule has 2 aliphatic rings. The van der Waals surface area contributed by atoms with Crippen LogP contribution in [0.2, 0.25) is 0 Å². The van der Waals surface area contributed by atoms with Gasteiger partial charge in [-0.05, 0) is 74.6 Å². The third-order valence-electron chi connectivity index (χ3n) is 6.84. The van der Waals surface area contributed by atoms with Crippen molar-refractivity contribution in [2.45, 2.75) is 45.2 Å². The van der Waals surface area contributed by atoms with Crippen LogP contribution < -0.4 is 24.8 Å². The molecule has 0 aliphatic carbocycles. The van der Waals surface area contributed by atoms with Gasteiger partial charge in [0.25, 0.3) is 11.8 Å². The highest BCUT2D eigenvalue weighted by atomic mass is 16.7. The average Bonchev–Trinajstić information content (AvgIpc) is 3.39. The van der Waals surface area contributed by atoms with Crippen molar-refractivity contribution in [3.63, 3.8) is 0 Å². The first-order chi connectivity index (χ1) is 17.4. The lowest BCUT2D eigenvalue weighted by Crippen LogP contribution is -2.55. The molecule has 2 aromatic carbocycles.